The van der Waals surface area contributed by atoms with Gasteiger partial charge in [0.1, 0.15) is 6.04 Å². The number of pyridine rings is 1. The minimum Gasteiger partial charge on any atom is -0.348 e. The van der Waals surface area contributed by atoms with Crippen LogP contribution in [0, 0.1) is 5.92 Å². The maximum absolute atomic E-state index is 13.3. The van der Waals surface area contributed by atoms with Crippen molar-refractivity contribution in [2.75, 3.05) is 0 Å². The second-order valence-electron chi connectivity index (χ2n) is 7.46. The molecule has 0 spiro atoms. The molecule has 3 aromatic rings. The zero-order valence-electron chi connectivity index (χ0n) is 17.4. The fourth-order valence-electron chi connectivity index (χ4n) is 3.29. The van der Waals surface area contributed by atoms with Gasteiger partial charge in [-0.1, -0.05) is 80.6 Å². The minimum atomic E-state index is -0.731. The highest BCUT2D eigenvalue weighted by Crippen LogP contribution is 2.25. The first-order valence-electron chi connectivity index (χ1n) is 10.1. The number of nitrogens with zero attached hydrogens (tertiary/aromatic N) is 2. The van der Waals surface area contributed by atoms with Gasteiger partial charge in [-0.2, -0.15) is 0 Å². The van der Waals surface area contributed by atoms with Crippen LogP contribution in [0.1, 0.15) is 36.7 Å². The van der Waals surface area contributed by atoms with Gasteiger partial charge in [-0.05, 0) is 23.3 Å². The third-order valence-electron chi connectivity index (χ3n) is 4.82. The van der Waals surface area contributed by atoms with Crippen molar-refractivity contribution >= 4 is 11.8 Å². The van der Waals surface area contributed by atoms with E-state index < -0.39 is 6.04 Å². The van der Waals surface area contributed by atoms with Gasteiger partial charge < -0.3 is 10.2 Å². The number of carbonyl (C=O) groups excluding carboxylic acids is 2. The van der Waals surface area contributed by atoms with Crippen molar-refractivity contribution < 1.29 is 9.59 Å². The third-order valence-corrected chi connectivity index (χ3v) is 4.82. The lowest BCUT2D eigenvalue weighted by atomic mass is 10.0. The molecule has 2 amide bonds. The zero-order chi connectivity index (χ0) is 21.3. The molecule has 30 heavy (non-hydrogen) atoms. The number of aromatic nitrogens is 1. The molecule has 0 aliphatic carbocycles. The van der Waals surface area contributed by atoms with Gasteiger partial charge in [0.15, 0.2) is 0 Å². The molecule has 1 aromatic heterocycles. The number of carbonyl (C=O) groups is 2. The monoisotopic (exact) mass is 401 g/mol. The van der Waals surface area contributed by atoms with E-state index in [4.69, 9.17) is 0 Å². The Morgan fingerprint density at radius 2 is 1.53 bits per heavy atom. The number of rotatable bonds is 8. The average Bonchev–Trinajstić information content (AvgIpc) is 2.79. The van der Waals surface area contributed by atoms with Crippen LogP contribution >= 0.6 is 0 Å². The molecule has 2 aromatic carbocycles. The fraction of sp³-hybridized carbons (Fsp3) is 0.240. The molecule has 0 radical (unpaired) electrons. The quantitative estimate of drug-likeness (QED) is 0.617. The highest BCUT2D eigenvalue weighted by molar-refractivity contribution is 5.89. The zero-order valence-corrected chi connectivity index (χ0v) is 17.4. The van der Waals surface area contributed by atoms with Crippen LogP contribution in [-0.4, -0.2) is 21.7 Å². The highest BCUT2D eigenvalue weighted by atomic mass is 16.2. The number of amides is 2. The van der Waals surface area contributed by atoms with E-state index in [-0.39, 0.29) is 17.7 Å². The van der Waals surface area contributed by atoms with E-state index in [2.05, 4.69) is 10.3 Å². The number of nitrogens with one attached hydrogen (secondary N) is 1. The molecule has 154 valence electrons. The van der Waals surface area contributed by atoms with Crippen LogP contribution in [-0.2, 0) is 22.7 Å². The van der Waals surface area contributed by atoms with Crippen molar-refractivity contribution in [3.63, 3.8) is 0 Å². The molecule has 0 saturated heterocycles. The van der Waals surface area contributed by atoms with E-state index in [0.717, 1.165) is 16.8 Å². The van der Waals surface area contributed by atoms with E-state index in [0.29, 0.717) is 13.1 Å². The topological polar surface area (TPSA) is 62.3 Å². The Hall–Kier alpha value is -3.47. The summed E-state index contributed by atoms with van der Waals surface area (Å²) in [5, 5.41) is 2.96. The number of hydrogen-bond donors (Lipinski definition) is 1. The maximum atomic E-state index is 13.3. The van der Waals surface area contributed by atoms with E-state index in [1.165, 1.54) is 0 Å². The van der Waals surface area contributed by atoms with Crippen LogP contribution in [0.15, 0.2) is 85.1 Å². The van der Waals surface area contributed by atoms with Crippen LogP contribution in [0.5, 0.6) is 0 Å². The maximum Gasteiger partial charge on any atom is 0.247 e. The number of benzene rings is 2. The molecule has 5 nitrogen and oxygen atoms in total. The van der Waals surface area contributed by atoms with Crippen molar-refractivity contribution in [1.82, 2.24) is 15.2 Å². The smallest absolute Gasteiger partial charge is 0.247 e. The van der Waals surface area contributed by atoms with Crippen molar-refractivity contribution in [3.05, 3.63) is 102 Å². The highest BCUT2D eigenvalue weighted by Gasteiger charge is 2.32. The lowest BCUT2D eigenvalue weighted by Crippen LogP contribution is -2.44. The molecule has 1 unspecified atom stereocenters. The molecule has 3 rings (SSSR count). The number of hydrogen-bond acceptors (Lipinski definition) is 3. The fourth-order valence-corrected chi connectivity index (χ4v) is 3.29. The first kappa shape index (κ1) is 21.2. The third kappa shape index (κ3) is 5.54. The Kier molecular flexibility index (Phi) is 7.33. The predicted molar refractivity (Wildman–Crippen MR) is 117 cm³/mol. The summed E-state index contributed by atoms with van der Waals surface area (Å²) in [4.78, 5) is 32.5. The van der Waals surface area contributed by atoms with Gasteiger partial charge in [-0.25, -0.2) is 0 Å². The molecule has 0 fully saturated rings. The molecule has 1 N–H and O–H groups in total. The lowest BCUT2D eigenvalue weighted by Gasteiger charge is -2.33. The summed E-state index contributed by atoms with van der Waals surface area (Å²) in [6, 6.07) is 24.0. The standard InChI is InChI=1S/C25H27N3O2/c1-19(2)25(30)28(18-20-11-5-3-6-12-20)23(21-13-7-4-8-14-21)24(29)27-17-22-15-9-10-16-26-22/h3-16,19,23H,17-18H2,1-2H3,(H,27,29). The molecule has 0 aliphatic rings. The van der Waals surface area contributed by atoms with Gasteiger partial charge in [0.05, 0.1) is 12.2 Å². The lowest BCUT2D eigenvalue weighted by molar-refractivity contribution is -0.144. The van der Waals surface area contributed by atoms with Crippen molar-refractivity contribution in [2.24, 2.45) is 5.92 Å². The molecule has 0 saturated carbocycles. The Morgan fingerprint density at radius 1 is 0.900 bits per heavy atom. The Balaban J connectivity index is 1.92. The predicted octanol–water partition coefficient (Wildman–Crippen LogP) is 4.12. The molecule has 5 heteroatoms. The van der Waals surface area contributed by atoms with Crippen molar-refractivity contribution in [2.45, 2.75) is 33.0 Å². The van der Waals surface area contributed by atoms with Gasteiger partial charge in [0.25, 0.3) is 0 Å². The van der Waals surface area contributed by atoms with Crippen LogP contribution in [0.3, 0.4) is 0 Å². The van der Waals surface area contributed by atoms with Crippen LogP contribution in [0.4, 0.5) is 0 Å². The molecule has 1 atom stereocenters. The molecule has 0 bridgehead atoms. The van der Waals surface area contributed by atoms with Gasteiger partial charge in [0, 0.05) is 18.7 Å². The van der Waals surface area contributed by atoms with Gasteiger partial charge in [-0.15, -0.1) is 0 Å². The van der Waals surface area contributed by atoms with Crippen molar-refractivity contribution in [3.8, 4) is 0 Å². The van der Waals surface area contributed by atoms with Crippen molar-refractivity contribution in [1.29, 1.82) is 0 Å². The summed E-state index contributed by atoms with van der Waals surface area (Å²) >= 11 is 0. The van der Waals surface area contributed by atoms with E-state index >= 15 is 0 Å². The molecule has 1 heterocycles. The van der Waals surface area contributed by atoms with Gasteiger partial charge in [0.2, 0.25) is 11.8 Å². The van der Waals surface area contributed by atoms with E-state index in [9.17, 15) is 9.59 Å². The average molecular weight is 402 g/mol. The second-order valence-corrected chi connectivity index (χ2v) is 7.46. The van der Waals surface area contributed by atoms with Crippen LogP contribution in [0.2, 0.25) is 0 Å². The summed E-state index contributed by atoms with van der Waals surface area (Å²) in [7, 11) is 0. The van der Waals surface area contributed by atoms with E-state index in [1.54, 1.807) is 11.1 Å². The molecular weight excluding hydrogens is 374 g/mol. The van der Waals surface area contributed by atoms with Gasteiger partial charge in [-0.3, -0.25) is 14.6 Å². The van der Waals surface area contributed by atoms with E-state index in [1.807, 2.05) is 92.7 Å². The molecular formula is C25H27N3O2. The second kappa shape index (κ2) is 10.3. The summed E-state index contributed by atoms with van der Waals surface area (Å²) in [6.07, 6.45) is 1.69. The SMILES string of the molecule is CC(C)C(=O)N(Cc1ccccc1)C(C(=O)NCc1ccccn1)c1ccccc1. The largest absolute Gasteiger partial charge is 0.348 e. The van der Waals surface area contributed by atoms with Crippen LogP contribution in [0.25, 0.3) is 0 Å². The molecule has 0 aliphatic heterocycles. The van der Waals surface area contributed by atoms with Crippen LogP contribution < -0.4 is 5.32 Å². The minimum absolute atomic E-state index is 0.0688. The first-order chi connectivity index (χ1) is 14.6. The summed E-state index contributed by atoms with van der Waals surface area (Å²) in [6.45, 7) is 4.37. The Bertz CT molecular complexity index is 944. The Labute approximate surface area is 177 Å². The summed E-state index contributed by atoms with van der Waals surface area (Å²) < 4.78 is 0. The normalized spacial score (nSPS) is 11.7. The van der Waals surface area contributed by atoms with Gasteiger partial charge >= 0.3 is 0 Å². The summed E-state index contributed by atoms with van der Waals surface area (Å²) in [5.74, 6) is -0.527. The Morgan fingerprint density at radius 3 is 2.13 bits per heavy atom. The first-order valence-corrected chi connectivity index (χ1v) is 10.1. The summed E-state index contributed by atoms with van der Waals surface area (Å²) in [5.41, 5.74) is 2.52.